The topological polar surface area (TPSA) is 86.8 Å². The van der Waals surface area contributed by atoms with Crippen LogP contribution in [0.25, 0.3) is 0 Å². The van der Waals surface area contributed by atoms with Crippen molar-refractivity contribution in [3.05, 3.63) is 128 Å². The molecule has 12 heteroatoms. The van der Waals surface area contributed by atoms with Gasteiger partial charge in [0.15, 0.2) is 0 Å². The second-order valence-electron chi connectivity index (χ2n) is 9.94. The first kappa shape index (κ1) is 33.6. The number of aryl methyl sites for hydroxylation is 1. The molecular formula is C32H29Cl4N3O4S. The van der Waals surface area contributed by atoms with E-state index in [1.54, 1.807) is 30.3 Å². The number of hydrogen-bond donors (Lipinski definition) is 1. The Morgan fingerprint density at radius 2 is 1.39 bits per heavy atom. The van der Waals surface area contributed by atoms with Crippen molar-refractivity contribution in [2.24, 2.45) is 0 Å². The van der Waals surface area contributed by atoms with Crippen LogP contribution < -0.4 is 9.62 Å². The molecule has 0 fully saturated rings. The molecule has 0 heterocycles. The van der Waals surface area contributed by atoms with Crippen LogP contribution in [-0.4, -0.2) is 44.8 Å². The van der Waals surface area contributed by atoms with Crippen LogP contribution in [0.15, 0.2) is 95.9 Å². The van der Waals surface area contributed by atoms with E-state index < -0.39 is 34.4 Å². The van der Waals surface area contributed by atoms with E-state index in [4.69, 9.17) is 46.4 Å². The third-order valence-corrected chi connectivity index (χ3v) is 10.3. The molecule has 1 unspecified atom stereocenters. The van der Waals surface area contributed by atoms with Gasteiger partial charge in [-0.25, -0.2) is 8.42 Å². The highest BCUT2D eigenvalue weighted by Crippen LogP contribution is 2.36. The molecule has 44 heavy (non-hydrogen) atoms. The van der Waals surface area contributed by atoms with Gasteiger partial charge in [-0.05, 0) is 48.9 Å². The lowest BCUT2D eigenvalue weighted by atomic mass is 10.0. The number of carbonyl (C=O) groups is 2. The summed E-state index contributed by atoms with van der Waals surface area (Å²) in [5.41, 5.74) is 2.04. The predicted molar refractivity (Wildman–Crippen MR) is 177 cm³/mol. The molecule has 0 saturated carbocycles. The van der Waals surface area contributed by atoms with Crippen LogP contribution in [0.2, 0.25) is 20.1 Å². The average Bonchev–Trinajstić information content (AvgIpc) is 3.00. The molecule has 0 aromatic heterocycles. The summed E-state index contributed by atoms with van der Waals surface area (Å²) in [4.78, 5) is 29.0. The minimum Gasteiger partial charge on any atom is -0.357 e. The van der Waals surface area contributed by atoms with Gasteiger partial charge in [0, 0.05) is 35.6 Å². The van der Waals surface area contributed by atoms with E-state index in [2.05, 4.69) is 5.32 Å². The first-order chi connectivity index (χ1) is 20.9. The fraction of sp³-hybridized carbons (Fsp3) is 0.188. The Bertz CT molecular complexity index is 1730. The normalized spacial score (nSPS) is 12.0. The second kappa shape index (κ2) is 14.7. The van der Waals surface area contributed by atoms with Crippen molar-refractivity contribution in [3.8, 4) is 0 Å². The predicted octanol–water partition coefficient (Wildman–Crippen LogP) is 7.19. The van der Waals surface area contributed by atoms with Crippen molar-refractivity contribution in [2.75, 3.05) is 17.9 Å². The van der Waals surface area contributed by atoms with Crippen molar-refractivity contribution < 1.29 is 18.0 Å². The maximum absolute atomic E-state index is 14.4. The van der Waals surface area contributed by atoms with Gasteiger partial charge < -0.3 is 10.2 Å². The molecule has 4 aromatic carbocycles. The van der Waals surface area contributed by atoms with Gasteiger partial charge in [-0.2, -0.15) is 0 Å². The largest absolute Gasteiger partial charge is 0.357 e. The lowest BCUT2D eigenvalue weighted by molar-refractivity contribution is -0.139. The summed E-state index contributed by atoms with van der Waals surface area (Å²) in [5.74, 6) is -1.16. The SMILES string of the molecule is CNC(=O)C(Cc1ccccc1)N(Cc1c(Cl)cccc1Cl)C(=O)CN(c1cccc(Cl)c1Cl)S(=O)(=O)c1ccc(C)cc1. The number of sulfonamides is 1. The Kier molecular flexibility index (Phi) is 11.2. The first-order valence-corrected chi connectivity index (χ1v) is 16.4. The molecule has 0 spiro atoms. The number of nitrogens with zero attached hydrogens (tertiary/aromatic N) is 2. The van der Waals surface area contributed by atoms with E-state index in [9.17, 15) is 18.0 Å². The van der Waals surface area contributed by atoms with Gasteiger partial charge in [-0.15, -0.1) is 0 Å². The number of anilines is 1. The van der Waals surface area contributed by atoms with Gasteiger partial charge >= 0.3 is 0 Å². The van der Waals surface area contributed by atoms with Crippen LogP contribution in [-0.2, 0) is 32.6 Å². The van der Waals surface area contributed by atoms with Gasteiger partial charge in [-0.3, -0.25) is 13.9 Å². The molecule has 230 valence electrons. The third-order valence-electron chi connectivity index (χ3n) is 7.00. The van der Waals surface area contributed by atoms with E-state index in [1.807, 2.05) is 37.3 Å². The standard InChI is InChI=1S/C32H29Cl4N3O4S/c1-21-14-16-23(17-15-21)44(42,43)39(28-13-7-12-27(35)31(28)36)20-30(40)38(19-24-25(33)10-6-11-26(24)34)29(32(41)37-2)18-22-8-4-3-5-9-22/h3-17,29H,18-20H2,1-2H3,(H,37,41). The lowest BCUT2D eigenvalue weighted by Crippen LogP contribution is -2.53. The second-order valence-corrected chi connectivity index (χ2v) is 13.4. The minimum absolute atomic E-state index is 0.00312. The summed E-state index contributed by atoms with van der Waals surface area (Å²) in [6.07, 6.45) is 0.136. The Balaban J connectivity index is 1.85. The highest BCUT2D eigenvalue weighted by atomic mass is 35.5. The van der Waals surface area contributed by atoms with E-state index >= 15 is 0 Å². The van der Waals surface area contributed by atoms with E-state index in [1.165, 1.54) is 42.3 Å². The average molecular weight is 693 g/mol. The zero-order valence-electron chi connectivity index (χ0n) is 23.8. The van der Waals surface area contributed by atoms with Gasteiger partial charge in [0.1, 0.15) is 12.6 Å². The Morgan fingerprint density at radius 3 is 2.00 bits per heavy atom. The number of nitrogens with one attached hydrogen (secondary N) is 1. The van der Waals surface area contributed by atoms with Crippen molar-refractivity contribution in [3.63, 3.8) is 0 Å². The van der Waals surface area contributed by atoms with Gasteiger partial charge in [0.25, 0.3) is 10.0 Å². The molecule has 7 nitrogen and oxygen atoms in total. The number of amides is 2. The molecule has 4 aromatic rings. The zero-order valence-corrected chi connectivity index (χ0v) is 27.6. The Hall–Kier alpha value is -3.27. The number of rotatable bonds is 11. The number of halogens is 4. The highest BCUT2D eigenvalue weighted by molar-refractivity contribution is 7.92. The zero-order chi connectivity index (χ0) is 32.0. The summed E-state index contributed by atoms with van der Waals surface area (Å²) in [5, 5.41) is 3.25. The van der Waals surface area contributed by atoms with Crippen LogP contribution in [0, 0.1) is 6.92 Å². The highest BCUT2D eigenvalue weighted by Gasteiger charge is 2.35. The molecule has 0 bridgehead atoms. The van der Waals surface area contributed by atoms with Crippen LogP contribution in [0.4, 0.5) is 5.69 Å². The molecule has 0 aliphatic carbocycles. The monoisotopic (exact) mass is 691 g/mol. The Morgan fingerprint density at radius 1 is 0.795 bits per heavy atom. The molecule has 0 aliphatic heterocycles. The van der Waals surface area contributed by atoms with Crippen molar-refractivity contribution in [2.45, 2.75) is 30.8 Å². The summed E-state index contributed by atoms with van der Waals surface area (Å²) in [7, 11) is -2.88. The molecule has 1 N–H and O–H groups in total. The van der Waals surface area contributed by atoms with Gasteiger partial charge in [-0.1, -0.05) is 107 Å². The van der Waals surface area contributed by atoms with Crippen molar-refractivity contribution in [1.82, 2.24) is 10.2 Å². The van der Waals surface area contributed by atoms with Crippen LogP contribution >= 0.6 is 46.4 Å². The van der Waals surface area contributed by atoms with Crippen LogP contribution in [0.5, 0.6) is 0 Å². The van der Waals surface area contributed by atoms with Crippen molar-refractivity contribution >= 4 is 73.9 Å². The molecule has 1 atom stereocenters. The van der Waals surface area contributed by atoms with E-state index in [-0.39, 0.29) is 43.6 Å². The number of carbonyl (C=O) groups excluding carboxylic acids is 2. The van der Waals surface area contributed by atoms with E-state index in [0.29, 0.717) is 5.56 Å². The fourth-order valence-electron chi connectivity index (χ4n) is 4.61. The molecular weight excluding hydrogens is 664 g/mol. The summed E-state index contributed by atoms with van der Waals surface area (Å²) in [6, 6.07) is 23.7. The minimum atomic E-state index is -4.35. The van der Waals surface area contributed by atoms with Gasteiger partial charge in [0.05, 0.1) is 20.6 Å². The summed E-state index contributed by atoms with van der Waals surface area (Å²) >= 11 is 25.8. The molecule has 0 aliphatic rings. The Labute approximate surface area is 277 Å². The molecule has 2 amide bonds. The fourth-order valence-corrected chi connectivity index (χ4v) is 7.00. The molecule has 0 saturated heterocycles. The van der Waals surface area contributed by atoms with Crippen LogP contribution in [0.3, 0.4) is 0 Å². The third kappa shape index (κ3) is 7.68. The quantitative estimate of drug-likeness (QED) is 0.180. The maximum Gasteiger partial charge on any atom is 0.264 e. The summed E-state index contributed by atoms with van der Waals surface area (Å²) in [6.45, 7) is 0.944. The molecule has 4 rings (SSSR count). The lowest BCUT2D eigenvalue weighted by Gasteiger charge is -2.34. The summed E-state index contributed by atoms with van der Waals surface area (Å²) < 4.78 is 29.1. The van der Waals surface area contributed by atoms with Crippen molar-refractivity contribution in [1.29, 1.82) is 0 Å². The number of hydrogen-bond acceptors (Lipinski definition) is 4. The maximum atomic E-state index is 14.4. The number of benzene rings is 4. The molecule has 0 radical (unpaired) electrons. The first-order valence-electron chi connectivity index (χ1n) is 13.4. The van der Waals surface area contributed by atoms with Crippen LogP contribution in [0.1, 0.15) is 16.7 Å². The van der Waals surface area contributed by atoms with E-state index in [0.717, 1.165) is 15.4 Å². The van der Waals surface area contributed by atoms with Gasteiger partial charge in [0.2, 0.25) is 11.8 Å². The number of likely N-dealkylation sites (N-methyl/N-ethyl adjacent to an activating group) is 1. The smallest absolute Gasteiger partial charge is 0.264 e.